The molecule has 0 amide bonds. The number of carbonyl (C=O) groups excluding carboxylic acids is 1. The van der Waals surface area contributed by atoms with Gasteiger partial charge in [-0.1, -0.05) is 23.4 Å². The number of rotatable bonds is 4. The molecule has 5 nitrogen and oxygen atoms in total. The van der Waals surface area contributed by atoms with E-state index in [0.717, 1.165) is 0 Å². The summed E-state index contributed by atoms with van der Waals surface area (Å²) in [4.78, 5) is 14.3. The van der Waals surface area contributed by atoms with Crippen LogP contribution in [0.15, 0.2) is 28.8 Å². The SMILES string of the molecule is O=CCc1noc(Cc2ccccc2O)n1. The molecule has 0 bridgehead atoms. The van der Waals surface area contributed by atoms with E-state index in [-0.39, 0.29) is 12.2 Å². The summed E-state index contributed by atoms with van der Waals surface area (Å²) in [5.74, 6) is 0.941. The Morgan fingerprint density at radius 3 is 2.94 bits per heavy atom. The summed E-state index contributed by atoms with van der Waals surface area (Å²) in [5.41, 5.74) is 0.712. The number of carbonyl (C=O) groups is 1. The molecule has 2 aromatic rings. The monoisotopic (exact) mass is 218 g/mol. The Bertz CT molecular complexity index is 493. The van der Waals surface area contributed by atoms with Crippen molar-refractivity contribution in [2.75, 3.05) is 0 Å². The van der Waals surface area contributed by atoms with Crippen LogP contribution in [-0.4, -0.2) is 21.5 Å². The lowest BCUT2D eigenvalue weighted by molar-refractivity contribution is -0.107. The van der Waals surface area contributed by atoms with Crippen LogP contribution in [-0.2, 0) is 17.6 Å². The van der Waals surface area contributed by atoms with Crippen LogP contribution in [0.1, 0.15) is 17.3 Å². The van der Waals surface area contributed by atoms with Crippen LogP contribution in [0.25, 0.3) is 0 Å². The molecule has 0 aliphatic rings. The molecule has 1 N–H and O–H groups in total. The maximum Gasteiger partial charge on any atom is 0.231 e. The molecule has 1 heterocycles. The smallest absolute Gasteiger partial charge is 0.231 e. The minimum atomic E-state index is 0.143. The van der Waals surface area contributed by atoms with Crippen LogP contribution >= 0.6 is 0 Å². The summed E-state index contributed by atoms with van der Waals surface area (Å²) < 4.78 is 4.95. The predicted octanol–water partition coefficient (Wildman–Crippen LogP) is 1.11. The van der Waals surface area contributed by atoms with Crippen molar-refractivity contribution >= 4 is 6.29 Å². The van der Waals surface area contributed by atoms with Crippen LogP contribution in [0.5, 0.6) is 5.75 Å². The highest BCUT2D eigenvalue weighted by atomic mass is 16.5. The molecule has 0 atom stereocenters. The molecule has 82 valence electrons. The van der Waals surface area contributed by atoms with Gasteiger partial charge in [-0.25, -0.2) is 0 Å². The van der Waals surface area contributed by atoms with Crippen molar-refractivity contribution in [3.63, 3.8) is 0 Å². The van der Waals surface area contributed by atoms with Crippen molar-refractivity contribution in [2.24, 2.45) is 0 Å². The first-order valence-electron chi connectivity index (χ1n) is 4.81. The number of nitrogens with zero attached hydrogens (tertiary/aromatic N) is 2. The molecule has 0 radical (unpaired) electrons. The average molecular weight is 218 g/mol. The van der Waals surface area contributed by atoms with Gasteiger partial charge in [0.2, 0.25) is 5.89 Å². The Labute approximate surface area is 91.7 Å². The molecule has 0 aliphatic carbocycles. The van der Waals surface area contributed by atoms with Crippen molar-refractivity contribution in [2.45, 2.75) is 12.8 Å². The lowest BCUT2D eigenvalue weighted by Crippen LogP contribution is -1.91. The Morgan fingerprint density at radius 2 is 2.19 bits per heavy atom. The summed E-state index contributed by atoms with van der Waals surface area (Å²) in [6.45, 7) is 0. The minimum absolute atomic E-state index is 0.143. The molecule has 0 aliphatic heterocycles. The summed E-state index contributed by atoms with van der Waals surface area (Å²) in [5, 5.41) is 13.2. The van der Waals surface area contributed by atoms with Crippen LogP contribution in [0.4, 0.5) is 0 Å². The fraction of sp³-hybridized carbons (Fsp3) is 0.182. The van der Waals surface area contributed by atoms with E-state index >= 15 is 0 Å². The molecule has 2 rings (SSSR count). The van der Waals surface area contributed by atoms with Gasteiger partial charge in [0.25, 0.3) is 0 Å². The second-order valence-corrected chi connectivity index (χ2v) is 3.28. The molecule has 16 heavy (non-hydrogen) atoms. The van der Waals surface area contributed by atoms with Crippen LogP contribution in [0, 0.1) is 0 Å². The van der Waals surface area contributed by atoms with Crippen molar-refractivity contribution in [3.05, 3.63) is 41.5 Å². The number of hydrogen-bond donors (Lipinski definition) is 1. The van der Waals surface area contributed by atoms with E-state index in [1.54, 1.807) is 18.2 Å². The fourth-order valence-electron chi connectivity index (χ4n) is 1.34. The van der Waals surface area contributed by atoms with Crippen molar-refractivity contribution in [3.8, 4) is 5.75 Å². The number of para-hydroxylation sites is 1. The predicted molar refractivity (Wildman–Crippen MR) is 55.0 cm³/mol. The van der Waals surface area contributed by atoms with E-state index in [0.29, 0.717) is 30.0 Å². The lowest BCUT2D eigenvalue weighted by Gasteiger charge is -1.99. The fourth-order valence-corrected chi connectivity index (χ4v) is 1.34. The third-order valence-electron chi connectivity index (χ3n) is 2.11. The maximum absolute atomic E-state index is 10.2. The summed E-state index contributed by atoms with van der Waals surface area (Å²) in [6, 6.07) is 6.93. The van der Waals surface area contributed by atoms with Gasteiger partial charge in [0.1, 0.15) is 12.0 Å². The van der Waals surface area contributed by atoms with Crippen LogP contribution in [0.3, 0.4) is 0 Å². The number of phenols is 1. The maximum atomic E-state index is 10.2. The number of aromatic hydroxyl groups is 1. The molecular formula is C11H10N2O3. The summed E-state index contributed by atoms with van der Waals surface area (Å²) in [7, 11) is 0. The topological polar surface area (TPSA) is 76.2 Å². The van der Waals surface area contributed by atoms with Gasteiger partial charge in [0.15, 0.2) is 5.82 Å². The summed E-state index contributed by atoms with van der Waals surface area (Å²) in [6.07, 6.45) is 1.22. The first-order valence-corrected chi connectivity index (χ1v) is 4.81. The molecule has 0 fully saturated rings. The largest absolute Gasteiger partial charge is 0.508 e. The Hall–Kier alpha value is -2.17. The first kappa shape index (κ1) is 10.4. The molecule has 1 aromatic heterocycles. The zero-order chi connectivity index (χ0) is 11.4. The number of benzene rings is 1. The average Bonchev–Trinajstić information content (AvgIpc) is 2.70. The van der Waals surface area contributed by atoms with Gasteiger partial charge in [-0.15, -0.1) is 0 Å². The third kappa shape index (κ3) is 2.25. The molecule has 0 unspecified atom stereocenters. The molecular weight excluding hydrogens is 208 g/mol. The van der Waals surface area contributed by atoms with Crippen molar-refractivity contribution < 1.29 is 14.4 Å². The second kappa shape index (κ2) is 4.57. The first-order chi connectivity index (χ1) is 7.79. The van der Waals surface area contributed by atoms with Crippen molar-refractivity contribution in [1.82, 2.24) is 10.1 Å². The van der Waals surface area contributed by atoms with Gasteiger partial charge in [0.05, 0.1) is 12.8 Å². The van der Waals surface area contributed by atoms with Gasteiger partial charge < -0.3 is 14.4 Å². The van der Waals surface area contributed by atoms with Crippen LogP contribution < -0.4 is 0 Å². The van der Waals surface area contributed by atoms with Crippen LogP contribution in [0.2, 0.25) is 0 Å². The minimum Gasteiger partial charge on any atom is -0.508 e. The van der Waals surface area contributed by atoms with Gasteiger partial charge >= 0.3 is 0 Å². The van der Waals surface area contributed by atoms with E-state index in [2.05, 4.69) is 10.1 Å². The molecule has 0 spiro atoms. The lowest BCUT2D eigenvalue weighted by atomic mass is 10.1. The van der Waals surface area contributed by atoms with Crippen molar-refractivity contribution in [1.29, 1.82) is 0 Å². The van der Waals surface area contributed by atoms with E-state index < -0.39 is 0 Å². The Balaban J connectivity index is 2.14. The van der Waals surface area contributed by atoms with Gasteiger partial charge in [-0.2, -0.15) is 4.98 Å². The zero-order valence-electron chi connectivity index (χ0n) is 8.46. The van der Waals surface area contributed by atoms with E-state index in [1.807, 2.05) is 6.07 Å². The second-order valence-electron chi connectivity index (χ2n) is 3.28. The Morgan fingerprint density at radius 1 is 1.38 bits per heavy atom. The zero-order valence-corrected chi connectivity index (χ0v) is 8.46. The summed E-state index contributed by atoms with van der Waals surface area (Å²) >= 11 is 0. The van der Waals surface area contributed by atoms with E-state index in [4.69, 9.17) is 4.52 Å². The third-order valence-corrected chi connectivity index (χ3v) is 2.11. The van der Waals surface area contributed by atoms with E-state index in [1.165, 1.54) is 0 Å². The quantitative estimate of drug-likeness (QED) is 0.778. The molecule has 0 saturated heterocycles. The highest BCUT2D eigenvalue weighted by molar-refractivity contribution is 5.52. The van der Waals surface area contributed by atoms with Gasteiger partial charge in [0, 0.05) is 5.56 Å². The number of phenolic OH excluding ortho intramolecular Hbond substituents is 1. The number of aromatic nitrogens is 2. The number of aldehydes is 1. The molecule has 1 aromatic carbocycles. The normalized spacial score (nSPS) is 10.2. The highest BCUT2D eigenvalue weighted by Gasteiger charge is 2.08. The van der Waals surface area contributed by atoms with Gasteiger partial charge in [-0.05, 0) is 6.07 Å². The number of hydrogen-bond acceptors (Lipinski definition) is 5. The standard InChI is InChI=1S/C11H10N2O3/c14-6-5-10-12-11(16-13-10)7-8-3-1-2-4-9(8)15/h1-4,6,15H,5,7H2. The Kier molecular flexibility index (Phi) is 2.95. The molecule has 0 saturated carbocycles. The highest BCUT2D eigenvalue weighted by Crippen LogP contribution is 2.18. The van der Waals surface area contributed by atoms with E-state index in [9.17, 15) is 9.90 Å². The van der Waals surface area contributed by atoms with Gasteiger partial charge in [-0.3, -0.25) is 0 Å². The molecule has 5 heteroatoms.